The van der Waals surface area contributed by atoms with Gasteiger partial charge < -0.3 is 14.7 Å². The first kappa shape index (κ1) is 15.4. The third-order valence-electron chi connectivity index (χ3n) is 3.30. The number of likely N-dealkylation sites (tertiary alicyclic amines) is 1. The maximum Gasteiger partial charge on any atom is 0.311 e. The third kappa shape index (κ3) is 4.58. The molecule has 0 radical (unpaired) electrons. The number of hydrogen-bond acceptors (Lipinski definition) is 4. The topological polar surface area (TPSA) is 49.8 Å². The van der Waals surface area contributed by atoms with Crippen molar-refractivity contribution in [3.63, 3.8) is 0 Å². The second-order valence-electron chi connectivity index (χ2n) is 6.57. The van der Waals surface area contributed by atoms with Gasteiger partial charge in [-0.2, -0.15) is 0 Å². The monoisotopic (exact) mass is 257 g/mol. The van der Waals surface area contributed by atoms with E-state index in [-0.39, 0.29) is 18.2 Å². The van der Waals surface area contributed by atoms with Crippen molar-refractivity contribution in [2.45, 2.75) is 53.2 Å². The first-order valence-corrected chi connectivity index (χ1v) is 6.81. The van der Waals surface area contributed by atoms with Crippen molar-refractivity contribution < 1.29 is 14.6 Å². The summed E-state index contributed by atoms with van der Waals surface area (Å²) in [5.41, 5.74) is -0.434. The lowest BCUT2D eigenvalue weighted by Gasteiger charge is -2.37. The van der Waals surface area contributed by atoms with Crippen LogP contribution in [0.25, 0.3) is 0 Å². The van der Waals surface area contributed by atoms with Crippen LogP contribution in [-0.4, -0.2) is 47.8 Å². The van der Waals surface area contributed by atoms with Crippen LogP contribution < -0.4 is 0 Å². The average molecular weight is 257 g/mol. The standard InChI is InChI=1S/C14H27NO3/c1-10-8-15(9-11(2)16)7-6-12(10)18-13(17)14(3,4)5/h10-12,16H,6-9H2,1-5H3. The van der Waals surface area contributed by atoms with Crippen LogP contribution in [0.15, 0.2) is 0 Å². The summed E-state index contributed by atoms with van der Waals surface area (Å²) in [6, 6.07) is 0. The molecule has 0 saturated carbocycles. The van der Waals surface area contributed by atoms with Crippen LogP contribution in [0.5, 0.6) is 0 Å². The second kappa shape index (κ2) is 6.02. The van der Waals surface area contributed by atoms with Gasteiger partial charge in [-0.1, -0.05) is 6.92 Å². The molecule has 0 aromatic heterocycles. The van der Waals surface area contributed by atoms with Gasteiger partial charge >= 0.3 is 5.97 Å². The van der Waals surface area contributed by atoms with E-state index in [1.54, 1.807) is 6.92 Å². The third-order valence-corrected chi connectivity index (χ3v) is 3.30. The molecule has 1 aliphatic rings. The molecule has 1 fully saturated rings. The minimum absolute atomic E-state index is 0.0157. The van der Waals surface area contributed by atoms with Crippen LogP contribution in [-0.2, 0) is 9.53 Å². The first-order valence-electron chi connectivity index (χ1n) is 6.81. The van der Waals surface area contributed by atoms with E-state index in [0.29, 0.717) is 12.5 Å². The average Bonchev–Trinajstić information content (AvgIpc) is 2.19. The summed E-state index contributed by atoms with van der Waals surface area (Å²) in [7, 11) is 0. The predicted octanol–water partition coefficient (Wildman–Crippen LogP) is 1.67. The molecule has 4 heteroatoms. The van der Waals surface area contributed by atoms with Gasteiger partial charge in [-0.15, -0.1) is 0 Å². The molecular weight excluding hydrogens is 230 g/mol. The minimum atomic E-state index is -0.434. The minimum Gasteiger partial charge on any atom is -0.462 e. The van der Waals surface area contributed by atoms with E-state index in [9.17, 15) is 9.90 Å². The lowest BCUT2D eigenvalue weighted by molar-refractivity contribution is -0.164. The van der Waals surface area contributed by atoms with Gasteiger partial charge in [0.25, 0.3) is 0 Å². The number of nitrogens with zero attached hydrogens (tertiary/aromatic N) is 1. The molecule has 0 bridgehead atoms. The summed E-state index contributed by atoms with van der Waals surface area (Å²) in [6.45, 7) is 12.0. The number of aliphatic hydroxyl groups is 1. The summed E-state index contributed by atoms with van der Waals surface area (Å²) in [6.07, 6.45) is 0.572. The largest absolute Gasteiger partial charge is 0.462 e. The van der Waals surface area contributed by atoms with Crippen LogP contribution in [0.1, 0.15) is 41.0 Å². The van der Waals surface area contributed by atoms with Crippen molar-refractivity contribution in [2.75, 3.05) is 19.6 Å². The Bertz CT molecular complexity index is 283. The molecule has 18 heavy (non-hydrogen) atoms. The highest BCUT2D eigenvalue weighted by Crippen LogP contribution is 2.24. The number of piperidine rings is 1. The molecule has 3 unspecified atom stereocenters. The van der Waals surface area contributed by atoms with E-state index >= 15 is 0 Å². The molecule has 1 N–H and O–H groups in total. The van der Waals surface area contributed by atoms with Gasteiger partial charge in [0.05, 0.1) is 11.5 Å². The Morgan fingerprint density at radius 3 is 2.56 bits per heavy atom. The van der Waals surface area contributed by atoms with Crippen LogP contribution in [0.2, 0.25) is 0 Å². The summed E-state index contributed by atoms with van der Waals surface area (Å²) in [5.74, 6) is 0.201. The lowest BCUT2D eigenvalue weighted by Crippen LogP contribution is -2.46. The molecule has 0 amide bonds. The summed E-state index contributed by atoms with van der Waals surface area (Å²) in [4.78, 5) is 14.1. The van der Waals surface area contributed by atoms with Crippen molar-refractivity contribution in [3.8, 4) is 0 Å². The molecule has 4 nitrogen and oxygen atoms in total. The van der Waals surface area contributed by atoms with Crippen LogP contribution >= 0.6 is 0 Å². The van der Waals surface area contributed by atoms with Gasteiger partial charge in [0.15, 0.2) is 0 Å². The molecule has 1 saturated heterocycles. The van der Waals surface area contributed by atoms with E-state index in [1.807, 2.05) is 20.8 Å². The molecule has 1 rings (SSSR count). The fourth-order valence-corrected chi connectivity index (χ4v) is 2.24. The van der Waals surface area contributed by atoms with Crippen LogP contribution in [0.4, 0.5) is 0 Å². The zero-order chi connectivity index (χ0) is 13.9. The van der Waals surface area contributed by atoms with E-state index < -0.39 is 5.41 Å². The van der Waals surface area contributed by atoms with Crippen molar-refractivity contribution in [1.82, 2.24) is 4.90 Å². The Kier molecular flexibility index (Phi) is 5.17. The molecule has 0 spiro atoms. The van der Waals surface area contributed by atoms with Gasteiger partial charge in [0.2, 0.25) is 0 Å². The predicted molar refractivity (Wildman–Crippen MR) is 71.2 cm³/mol. The van der Waals surface area contributed by atoms with Gasteiger partial charge in [-0.25, -0.2) is 0 Å². The number of β-amino-alcohol motifs (C(OH)–C–C–N with tert-alkyl or cyclic N) is 1. The van der Waals surface area contributed by atoms with Gasteiger partial charge in [0.1, 0.15) is 6.10 Å². The van der Waals surface area contributed by atoms with E-state index in [1.165, 1.54) is 0 Å². The van der Waals surface area contributed by atoms with Crippen molar-refractivity contribution >= 4 is 5.97 Å². The van der Waals surface area contributed by atoms with Gasteiger partial charge in [0, 0.05) is 25.6 Å². The zero-order valence-corrected chi connectivity index (χ0v) is 12.3. The van der Waals surface area contributed by atoms with Crippen LogP contribution in [0.3, 0.4) is 0 Å². The normalized spacial score (nSPS) is 27.9. The fraction of sp³-hybridized carbons (Fsp3) is 0.929. The Morgan fingerprint density at radius 1 is 1.50 bits per heavy atom. The summed E-state index contributed by atoms with van der Waals surface area (Å²) >= 11 is 0. The van der Waals surface area contributed by atoms with E-state index in [0.717, 1.165) is 19.5 Å². The molecule has 0 aliphatic carbocycles. The van der Waals surface area contributed by atoms with Crippen LogP contribution in [0, 0.1) is 11.3 Å². The molecule has 1 aliphatic heterocycles. The number of carbonyl (C=O) groups is 1. The highest BCUT2D eigenvalue weighted by Gasteiger charge is 2.32. The number of carbonyl (C=O) groups excluding carboxylic acids is 1. The van der Waals surface area contributed by atoms with Gasteiger partial charge in [-0.3, -0.25) is 4.79 Å². The molecule has 0 aromatic carbocycles. The summed E-state index contributed by atoms with van der Waals surface area (Å²) in [5, 5.41) is 9.38. The molecule has 1 heterocycles. The lowest BCUT2D eigenvalue weighted by atomic mass is 9.94. The highest BCUT2D eigenvalue weighted by atomic mass is 16.5. The maximum absolute atomic E-state index is 11.9. The molecular formula is C14H27NO3. The Morgan fingerprint density at radius 2 is 2.11 bits per heavy atom. The smallest absolute Gasteiger partial charge is 0.311 e. The SMILES string of the molecule is CC(O)CN1CCC(OC(=O)C(C)(C)C)C(C)C1. The summed E-state index contributed by atoms with van der Waals surface area (Å²) < 4.78 is 5.59. The van der Waals surface area contributed by atoms with E-state index in [4.69, 9.17) is 4.74 Å². The number of esters is 1. The Labute approximate surface area is 110 Å². The zero-order valence-electron chi connectivity index (χ0n) is 12.3. The fourth-order valence-electron chi connectivity index (χ4n) is 2.24. The number of ether oxygens (including phenoxy) is 1. The Balaban J connectivity index is 2.45. The Hall–Kier alpha value is -0.610. The molecule has 0 aromatic rings. The number of aliphatic hydroxyl groups excluding tert-OH is 1. The van der Waals surface area contributed by atoms with Crippen molar-refractivity contribution in [3.05, 3.63) is 0 Å². The molecule has 3 atom stereocenters. The van der Waals surface area contributed by atoms with Crippen molar-refractivity contribution in [2.24, 2.45) is 11.3 Å². The van der Waals surface area contributed by atoms with E-state index in [2.05, 4.69) is 11.8 Å². The maximum atomic E-state index is 11.9. The second-order valence-corrected chi connectivity index (χ2v) is 6.57. The van der Waals surface area contributed by atoms with Gasteiger partial charge in [-0.05, 0) is 34.1 Å². The number of rotatable bonds is 3. The molecule has 106 valence electrons. The van der Waals surface area contributed by atoms with Crippen molar-refractivity contribution in [1.29, 1.82) is 0 Å². The number of hydrogen-bond donors (Lipinski definition) is 1. The highest BCUT2D eigenvalue weighted by molar-refractivity contribution is 5.75. The quantitative estimate of drug-likeness (QED) is 0.781. The first-order chi connectivity index (χ1) is 8.20.